The van der Waals surface area contributed by atoms with Crippen molar-refractivity contribution < 1.29 is 18.7 Å². The number of benzene rings is 1. The first-order valence-corrected chi connectivity index (χ1v) is 8.00. The second-order valence-electron chi connectivity index (χ2n) is 5.82. The van der Waals surface area contributed by atoms with E-state index >= 15 is 0 Å². The first kappa shape index (κ1) is 16.3. The summed E-state index contributed by atoms with van der Waals surface area (Å²) in [5.41, 5.74) is 0.482. The zero-order valence-corrected chi connectivity index (χ0v) is 13.7. The van der Waals surface area contributed by atoms with Crippen molar-refractivity contribution in [3.05, 3.63) is 29.7 Å². The van der Waals surface area contributed by atoms with E-state index in [1.165, 1.54) is 19.2 Å². The molecule has 1 fully saturated rings. The van der Waals surface area contributed by atoms with E-state index in [0.717, 1.165) is 6.42 Å². The predicted molar refractivity (Wildman–Crippen MR) is 87.6 cm³/mol. The van der Waals surface area contributed by atoms with Crippen LogP contribution in [0.5, 0.6) is 5.75 Å². The van der Waals surface area contributed by atoms with E-state index < -0.39 is 11.9 Å². The molecule has 24 heavy (non-hydrogen) atoms. The number of methoxy groups -OCH3 is 1. The summed E-state index contributed by atoms with van der Waals surface area (Å²) in [6, 6.07) is 3.90. The Bertz CT molecular complexity index is 787. The van der Waals surface area contributed by atoms with Crippen molar-refractivity contribution in [1.82, 2.24) is 15.2 Å². The van der Waals surface area contributed by atoms with Gasteiger partial charge in [0.25, 0.3) is 5.91 Å². The van der Waals surface area contributed by atoms with Crippen LogP contribution in [0.2, 0.25) is 0 Å². The van der Waals surface area contributed by atoms with Gasteiger partial charge in [-0.05, 0) is 24.6 Å². The zero-order valence-electron chi connectivity index (χ0n) is 13.7. The van der Waals surface area contributed by atoms with E-state index in [1.54, 1.807) is 11.0 Å². The zero-order chi connectivity index (χ0) is 17.3. The Labute approximate surface area is 139 Å². The summed E-state index contributed by atoms with van der Waals surface area (Å²) in [7, 11) is 1.49. The summed E-state index contributed by atoms with van der Waals surface area (Å²) >= 11 is 0. The number of aromatic nitrogens is 1. The van der Waals surface area contributed by atoms with Crippen LogP contribution >= 0.6 is 0 Å². The van der Waals surface area contributed by atoms with Crippen LogP contribution in [-0.4, -0.2) is 47.9 Å². The number of piperazine rings is 1. The Morgan fingerprint density at radius 3 is 2.96 bits per heavy atom. The third-order valence-corrected chi connectivity index (χ3v) is 4.31. The molecule has 0 saturated carbocycles. The lowest BCUT2D eigenvalue weighted by molar-refractivity contribution is -0.128. The van der Waals surface area contributed by atoms with Crippen molar-refractivity contribution in [2.45, 2.75) is 25.8 Å². The quantitative estimate of drug-likeness (QED) is 0.899. The van der Waals surface area contributed by atoms with Gasteiger partial charge >= 0.3 is 0 Å². The highest BCUT2D eigenvalue weighted by atomic mass is 19.1. The molecule has 1 aliphatic heterocycles. The van der Waals surface area contributed by atoms with Crippen LogP contribution in [0, 0.1) is 5.82 Å². The third kappa shape index (κ3) is 2.70. The first-order chi connectivity index (χ1) is 11.6. The molecule has 3 rings (SSSR count). The maximum absolute atomic E-state index is 14.0. The van der Waals surface area contributed by atoms with Crippen LogP contribution in [0.3, 0.4) is 0 Å². The fourth-order valence-electron chi connectivity index (χ4n) is 3.13. The first-order valence-electron chi connectivity index (χ1n) is 8.00. The summed E-state index contributed by atoms with van der Waals surface area (Å²) in [5, 5.41) is 3.29. The highest BCUT2D eigenvalue weighted by Crippen LogP contribution is 2.29. The number of amides is 2. The van der Waals surface area contributed by atoms with E-state index in [1.807, 2.05) is 6.92 Å². The van der Waals surface area contributed by atoms with Crippen LogP contribution in [-0.2, 0) is 4.79 Å². The molecule has 0 aliphatic carbocycles. The maximum Gasteiger partial charge on any atom is 0.271 e. The Hall–Kier alpha value is -2.57. The third-order valence-electron chi connectivity index (χ3n) is 4.31. The minimum Gasteiger partial charge on any atom is -0.496 e. The SMILES string of the molecule is CCCC1C(=O)NCCN1C(=O)c1cc2c(OC)ccc(F)c2[nH]1. The van der Waals surface area contributed by atoms with Gasteiger partial charge in [0.15, 0.2) is 0 Å². The van der Waals surface area contributed by atoms with Crippen LogP contribution in [0.1, 0.15) is 30.3 Å². The molecule has 1 unspecified atom stereocenters. The van der Waals surface area contributed by atoms with E-state index in [2.05, 4.69) is 10.3 Å². The number of aromatic amines is 1. The van der Waals surface area contributed by atoms with Gasteiger partial charge in [-0.3, -0.25) is 9.59 Å². The van der Waals surface area contributed by atoms with Gasteiger partial charge in [0, 0.05) is 18.5 Å². The van der Waals surface area contributed by atoms with E-state index in [9.17, 15) is 14.0 Å². The van der Waals surface area contributed by atoms with Gasteiger partial charge in [-0.15, -0.1) is 0 Å². The molecular formula is C17H20FN3O3. The lowest BCUT2D eigenvalue weighted by Crippen LogP contribution is -2.57. The second kappa shape index (κ2) is 6.51. The summed E-state index contributed by atoms with van der Waals surface area (Å²) in [6.07, 6.45) is 1.38. The predicted octanol–water partition coefficient (Wildman–Crippen LogP) is 2.06. The lowest BCUT2D eigenvalue weighted by atomic mass is 10.1. The Kier molecular flexibility index (Phi) is 4.42. The molecule has 2 aromatic rings. The fraction of sp³-hybridized carbons (Fsp3) is 0.412. The van der Waals surface area contributed by atoms with Crippen molar-refractivity contribution in [3.8, 4) is 5.75 Å². The van der Waals surface area contributed by atoms with Crippen molar-refractivity contribution in [1.29, 1.82) is 0 Å². The minimum atomic E-state index is -0.491. The van der Waals surface area contributed by atoms with Gasteiger partial charge in [-0.1, -0.05) is 13.3 Å². The van der Waals surface area contributed by atoms with E-state index in [-0.39, 0.29) is 23.0 Å². The Balaban J connectivity index is 1.98. The van der Waals surface area contributed by atoms with Gasteiger partial charge in [0.2, 0.25) is 5.91 Å². The molecule has 6 nitrogen and oxygen atoms in total. The Morgan fingerprint density at radius 2 is 2.25 bits per heavy atom. The van der Waals surface area contributed by atoms with Crippen molar-refractivity contribution in [2.24, 2.45) is 0 Å². The highest BCUT2D eigenvalue weighted by molar-refractivity contribution is 6.02. The molecule has 2 heterocycles. The van der Waals surface area contributed by atoms with Crippen LogP contribution in [0.15, 0.2) is 18.2 Å². The van der Waals surface area contributed by atoms with Gasteiger partial charge in [-0.25, -0.2) is 4.39 Å². The maximum atomic E-state index is 14.0. The average Bonchev–Trinajstić information content (AvgIpc) is 3.03. The minimum absolute atomic E-state index is 0.142. The highest BCUT2D eigenvalue weighted by Gasteiger charge is 2.33. The van der Waals surface area contributed by atoms with Crippen LogP contribution in [0.4, 0.5) is 4.39 Å². The topological polar surface area (TPSA) is 74.4 Å². The summed E-state index contributed by atoms with van der Waals surface area (Å²) < 4.78 is 19.2. The van der Waals surface area contributed by atoms with E-state index in [0.29, 0.717) is 30.6 Å². The number of nitrogens with zero attached hydrogens (tertiary/aromatic N) is 1. The molecule has 2 amide bonds. The number of rotatable bonds is 4. The molecule has 1 aliphatic rings. The molecule has 128 valence electrons. The van der Waals surface area contributed by atoms with Gasteiger partial charge in [0.1, 0.15) is 23.3 Å². The van der Waals surface area contributed by atoms with Gasteiger partial charge in [-0.2, -0.15) is 0 Å². The molecule has 0 spiro atoms. The summed E-state index contributed by atoms with van der Waals surface area (Å²) in [6.45, 7) is 2.82. The second-order valence-corrected chi connectivity index (χ2v) is 5.82. The number of hydrogen-bond acceptors (Lipinski definition) is 3. The number of fused-ring (bicyclic) bond motifs is 1. The molecule has 1 atom stereocenters. The molecule has 1 aromatic heterocycles. The number of carbonyl (C=O) groups excluding carboxylic acids is 2. The molecule has 1 aromatic carbocycles. The smallest absolute Gasteiger partial charge is 0.271 e. The lowest BCUT2D eigenvalue weighted by Gasteiger charge is -2.34. The molecular weight excluding hydrogens is 313 g/mol. The standard InChI is InChI=1S/C17H20FN3O3/c1-3-4-13-16(22)19-7-8-21(13)17(23)12-9-10-14(24-2)6-5-11(18)15(10)20-12/h5-6,9,13,20H,3-4,7-8H2,1-2H3,(H,19,22). The summed E-state index contributed by atoms with van der Waals surface area (Å²) in [5.74, 6) is -0.410. The Morgan fingerprint density at radius 1 is 1.46 bits per heavy atom. The number of carbonyl (C=O) groups is 2. The molecule has 0 radical (unpaired) electrons. The number of halogens is 1. The van der Waals surface area contributed by atoms with Crippen molar-refractivity contribution in [3.63, 3.8) is 0 Å². The van der Waals surface area contributed by atoms with Gasteiger partial charge in [0.05, 0.1) is 12.6 Å². The number of H-pyrrole nitrogens is 1. The van der Waals surface area contributed by atoms with Crippen LogP contribution in [0.25, 0.3) is 10.9 Å². The number of nitrogens with one attached hydrogen (secondary N) is 2. The largest absolute Gasteiger partial charge is 0.496 e. The summed E-state index contributed by atoms with van der Waals surface area (Å²) in [4.78, 5) is 29.3. The fourth-order valence-corrected chi connectivity index (χ4v) is 3.13. The average molecular weight is 333 g/mol. The number of hydrogen-bond donors (Lipinski definition) is 2. The van der Waals surface area contributed by atoms with Crippen molar-refractivity contribution >= 4 is 22.7 Å². The van der Waals surface area contributed by atoms with Crippen molar-refractivity contribution in [2.75, 3.05) is 20.2 Å². The van der Waals surface area contributed by atoms with Gasteiger partial charge < -0.3 is 19.9 Å². The van der Waals surface area contributed by atoms with E-state index in [4.69, 9.17) is 4.74 Å². The molecule has 2 N–H and O–H groups in total. The molecule has 7 heteroatoms. The van der Waals surface area contributed by atoms with Crippen LogP contribution < -0.4 is 10.1 Å². The monoisotopic (exact) mass is 333 g/mol. The number of ether oxygens (including phenoxy) is 1. The normalized spacial score (nSPS) is 17.9. The molecule has 1 saturated heterocycles. The molecule has 0 bridgehead atoms.